The topological polar surface area (TPSA) is 44.5 Å². The van der Waals surface area contributed by atoms with Crippen LogP contribution >= 0.6 is 0 Å². The molecular formula is C18H21NO2. The van der Waals surface area contributed by atoms with Gasteiger partial charge in [0.25, 0.3) is 0 Å². The van der Waals surface area contributed by atoms with E-state index in [1.165, 1.54) is 5.56 Å². The molecule has 1 atom stereocenters. The maximum absolute atomic E-state index is 6.30. The lowest BCUT2D eigenvalue weighted by Gasteiger charge is -2.20. The molecule has 0 saturated heterocycles. The Morgan fingerprint density at radius 3 is 2.52 bits per heavy atom. The lowest BCUT2D eigenvalue weighted by atomic mass is 9.99. The van der Waals surface area contributed by atoms with Crippen LogP contribution in [0.15, 0.2) is 48.5 Å². The van der Waals surface area contributed by atoms with Crippen molar-refractivity contribution in [1.82, 2.24) is 0 Å². The summed E-state index contributed by atoms with van der Waals surface area (Å²) in [5, 5.41) is 0. The van der Waals surface area contributed by atoms with Crippen molar-refractivity contribution in [3.63, 3.8) is 0 Å². The van der Waals surface area contributed by atoms with Crippen molar-refractivity contribution < 1.29 is 9.47 Å². The molecule has 0 unspecified atom stereocenters. The zero-order valence-electron chi connectivity index (χ0n) is 12.1. The van der Waals surface area contributed by atoms with Crippen LogP contribution in [0.25, 0.3) is 0 Å². The summed E-state index contributed by atoms with van der Waals surface area (Å²) in [6.45, 7) is 1.23. The third-order valence-corrected chi connectivity index (χ3v) is 3.82. The first kappa shape index (κ1) is 14.0. The molecule has 0 aromatic heterocycles. The quantitative estimate of drug-likeness (QED) is 0.913. The van der Waals surface area contributed by atoms with E-state index in [0.717, 1.165) is 36.3 Å². The molecule has 1 heterocycles. The van der Waals surface area contributed by atoms with Crippen molar-refractivity contribution in [2.75, 3.05) is 13.2 Å². The third-order valence-electron chi connectivity index (χ3n) is 3.82. The van der Waals surface area contributed by atoms with Gasteiger partial charge in [-0.1, -0.05) is 36.4 Å². The van der Waals surface area contributed by atoms with Gasteiger partial charge in [0.05, 0.1) is 0 Å². The van der Waals surface area contributed by atoms with Crippen LogP contribution in [0.1, 0.15) is 30.0 Å². The lowest BCUT2D eigenvalue weighted by Crippen LogP contribution is -2.16. The van der Waals surface area contributed by atoms with Crippen LogP contribution in [0.4, 0.5) is 0 Å². The van der Waals surface area contributed by atoms with E-state index in [4.69, 9.17) is 15.2 Å². The minimum atomic E-state index is 0.0459. The Labute approximate surface area is 125 Å². The van der Waals surface area contributed by atoms with Crippen molar-refractivity contribution in [1.29, 1.82) is 0 Å². The normalized spacial score (nSPS) is 14.7. The average molecular weight is 283 g/mol. The highest BCUT2D eigenvalue weighted by atomic mass is 16.6. The molecule has 110 valence electrons. The van der Waals surface area contributed by atoms with Crippen LogP contribution in [0, 0.1) is 0 Å². The molecule has 3 nitrogen and oxygen atoms in total. The van der Waals surface area contributed by atoms with Gasteiger partial charge in [-0.05, 0) is 42.5 Å². The molecule has 1 aliphatic rings. The van der Waals surface area contributed by atoms with Gasteiger partial charge in [-0.15, -0.1) is 0 Å². The van der Waals surface area contributed by atoms with Crippen LogP contribution in [0.3, 0.4) is 0 Å². The second kappa shape index (κ2) is 6.64. The zero-order valence-corrected chi connectivity index (χ0v) is 12.1. The summed E-state index contributed by atoms with van der Waals surface area (Å²) in [6, 6.07) is 16.6. The summed E-state index contributed by atoms with van der Waals surface area (Å²) in [6.07, 6.45) is 3.12. The molecule has 3 heteroatoms. The van der Waals surface area contributed by atoms with Crippen LogP contribution in [-0.4, -0.2) is 13.2 Å². The number of ether oxygens (including phenoxy) is 2. The van der Waals surface area contributed by atoms with Crippen molar-refractivity contribution >= 4 is 0 Å². The van der Waals surface area contributed by atoms with Crippen molar-refractivity contribution in [3.05, 3.63) is 59.7 Å². The highest BCUT2D eigenvalue weighted by Crippen LogP contribution is 2.33. The fraction of sp³-hybridized carbons (Fsp3) is 0.333. The molecule has 1 aliphatic heterocycles. The van der Waals surface area contributed by atoms with Crippen molar-refractivity contribution in [2.45, 2.75) is 25.3 Å². The molecule has 0 radical (unpaired) electrons. The van der Waals surface area contributed by atoms with Crippen LogP contribution in [-0.2, 0) is 6.42 Å². The van der Waals surface area contributed by atoms with Crippen LogP contribution < -0.4 is 15.2 Å². The number of nitrogens with two attached hydrogens (primary N) is 1. The van der Waals surface area contributed by atoms with E-state index in [1.807, 2.05) is 24.3 Å². The Morgan fingerprint density at radius 1 is 0.952 bits per heavy atom. The second-order valence-electron chi connectivity index (χ2n) is 5.39. The maximum Gasteiger partial charge on any atom is 0.161 e. The largest absolute Gasteiger partial charge is 0.486 e. The molecule has 2 aromatic carbocycles. The Balaban J connectivity index is 1.56. The molecule has 21 heavy (non-hydrogen) atoms. The minimum Gasteiger partial charge on any atom is -0.486 e. The summed E-state index contributed by atoms with van der Waals surface area (Å²) in [5.74, 6) is 1.64. The van der Waals surface area contributed by atoms with E-state index >= 15 is 0 Å². The monoisotopic (exact) mass is 283 g/mol. The lowest BCUT2D eigenvalue weighted by molar-refractivity contribution is 0.171. The highest BCUT2D eigenvalue weighted by molar-refractivity contribution is 5.44. The van der Waals surface area contributed by atoms with Crippen molar-refractivity contribution in [2.24, 2.45) is 5.73 Å². The molecule has 0 fully saturated rings. The first-order chi connectivity index (χ1) is 10.3. The minimum absolute atomic E-state index is 0.0459. The average Bonchev–Trinajstić information content (AvgIpc) is 2.55. The number of hydrogen-bond donors (Lipinski definition) is 1. The molecule has 0 amide bonds. The molecule has 3 rings (SSSR count). The number of hydrogen-bond acceptors (Lipinski definition) is 3. The molecule has 2 N–H and O–H groups in total. The summed E-state index contributed by atoms with van der Waals surface area (Å²) < 4.78 is 11.1. The smallest absolute Gasteiger partial charge is 0.161 e. The summed E-state index contributed by atoms with van der Waals surface area (Å²) in [4.78, 5) is 0. The van der Waals surface area contributed by atoms with Gasteiger partial charge in [-0.2, -0.15) is 0 Å². The third kappa shape index (κ3) is 3.56. The summed E-state index contributed by atoms with van der Waals surface area (Å²) >= 11 is 0. The fourth-order valence-corrected chi connectivity index (χ4v) is 2.63. The van der Waals surface area contributed by atoms with Crippen molar-refractivity contribution in [3.8, 4) is 11.5 Å². The number of benzene rings is 2. The van der Waals surface area contributed by atoms with Crippen LogP contribution in [0.2, 0.25) is 0 Å². The number of fused-ring (bicyclic) bond motifs is 1. The Kier molecular flexibility index (Phi) is 4.41. The van der Waals surface area contributed by atoms with E-state index < -0.39 is 0 Å². The summed E-state index contributed by atoms with van der Waals surface area (Å²) in [5.41, 5.74) is 8.78. The van der Waals surface area contributed by atoms with E-state index in [-0.39, 0.29) is 6.04 Å². The SMILES string of the molecule is N[C@@H](CCCc1ccccc1)c1ccc2c(c1)OCCO2. The number of aryl methyl sites for hydroxylation is 1. The maximum atomic E-state index is 6.30. The molecular weight excluding hydrogens is 262 g/mol. The fourth-order valence-electron chi connectivity index (χ4n) is 2.63. The van der Waals surface area contributed by atoms with Gasteiger partial charge in [-0.25, -0.2) is 0 Å². The molecule has 0 saturated carbocycles. The van der Waals surface area contributed by atoms with E-state index in [2.05, 4.69) is 24.3 Å². The first-order valence-corrected chi connectivity index (χ1v) is 7.52. The Hall–Kier alpha value is -2.00. The Bertz CT molecular complexity index is 583. The molecule has 0 spiro atoms. The van der Waals surface area contributed by atoms with Gasteiger partial charge in [0.1, 0.15) is 13.2 Å². The van der Waals surface area contributed by atoms with E-state index in [9.17, 15) is 0 Å². The standard InChI is InChI=1S/C18H21NO2/c19-16(8-4-7-14-5-2-1-3-6-14)15-9-10-17-18(13-15)21-12-11-20-17/h1-3,5-6,9-10,13,16H,4,7-8,11-12,19H2/t16-/m0/s1. The molecule has 0 aliphatic carbocycles. The van der Waals surface area contributed by atoms with Gasteiger partial charge in [0, 0.05) is 6.04 Å². The first-order valence-electron chi connectivity index (χ1n) is 7.52. The van der Waals surface area contributed by atoms with Gasteiger partial charge < -0.3 is 15.2 Å². The van der Waals surface area contributed by atoms with Gasteiger partial charge in [0.2, 0.25) is 0 Å². The second-order valence-corrected chi connectivity index (χ2v) is 5.39. The molecule has 2 aromatic rings. The predicted octanol–water partition coefficient (Wildman–Crippen LogP) is 3.48. The van der Waals surface area contributed by atoms with Crippen LogP contribution in [0.5, 0.6) is 11.5 Å². The highest BCUT2D eigenvalue weighted by Gasteiger charge is 2.14. The van der Waals surface area contributed by atoms with Gasteiger partial charge >= 0.3 is 0 Å². The molecule has 0 bridgehead atoms. The van der Waals surface area contributed by atoms with Gasteiger partial charge in [-0.3, -0.25) is 0 Å². The number of rotatable bonds is 5. The Morgan fingerprint density at radius 2 is 1.71 bits per heavy atom. The predicted molar refractivity (Wildman–Crippen MR) is 83.7 cm³/mol. The van der Waals surface area contributed by atoms with E-state index in [0.29, 0.717) is 13.2 Å². The van der Waals surface area contributed by atoms with E-state index in [1.54, 1.807) is 0 Å². The zero-order chi connectivity index (χ0) is 14.5. The van der Waals surface area contributed by atoms with Gasteiger partial charge in [0.15, 0.2) is 11.5 Å². The summed E-state index contributed by atoms with van der Waals surface area (Å²) in [7, 11) is 0.